The first-order chi connectivity index (χ1) is 17.4. The molecule has 0 aliphatic heterocycles. The molecular formula is C33H32P2S. The summed E-state index contributed by atoms with van der Waals surface area (Å²) in [6, 6.07) is 36.9. The van der Waals surface area contributed by atoms with Crippen molar-refractivity contribution in [2.75, 3.05) is 0 Å². The van der Waals surface area contributed by atoms with Crippen molar-refractivity contribution in [1.29, 1.82) is 0 Å². The molecule has 4 aromatic carbocycles. The van der Waals surface area contributed by atoms with Crippen molar-refractivity contribution >= 4 is 59.0 Å². The van der Waals surface area contributed by atoms with Crippen LogP contribution in [0.2, 0.25) is 0 Å². The van der Waals surface area contributed by atoms with Gasteiger partial charge >= 0.3 is 0 Å². The van der Waals surface area contributed by atoms with Gasteiger partial charge in [0.05, 0.1) is 0 Å². The first kappa shape index (κ1) is 25.1. The number of aryl methyl sites for hydroxylation is 5. The fourth-order valence-electron chi connectivity index (χ4n) is 4.48. The third-order valence-electron chi connectivity index (χ3n) is 6.56. The summed E-state index contributed by atoms with van der Waals surface area (Å²) in [5.74, 6) is 0. The molecule has 0 aliphatic carbocycles. The minimum Gasteiger partial charge on any atom is -0.148 e. The molecule has 1 aromatic heterocycles. The molecule has 1 heterocycles. The summed E-state index contributed by atoms with van der Waals surface area (Å²) >= 11 is 1.91. The standard InChI is InChI=1S/C33H32P2S/c1-23-6-14-28(15-7-23)34(29-16-8-24(2)9-17-29)32-22-36-27(5)33(32)35(30-18-10-25(3)11-19-30)31-20-12-26(4)13-21-31/h6-22H,1-5H3. The van der Waals surface area contributed by atoms with E-state index in [2.05, 4.69) is 137 Å². The van der Waals surface area contributed by atoms with Gasteiger partial charge in [0.1, 0.15) is 0 Å². The first-order valence-corrected chi connectivity index (χ1v) is 15.9. The van der Waals surface area contributed by atoms with E-state index in [0.717, 1.165) is 0 Å². The summed E-state index contributed by atoms with van der Waals surface area (Å²) in [5.41, 5.74) is 5.23. The Balaban J connectivity index is 1.75. The molecule has 0 saturated heterocycles. The van der Waals surface area contributed by atoms with Crippen LogP contribution in [-0.4, -0.2) is 0 Å². The van der Waals surface area contributed by atoms with Gasteiger partial charge in [0.2, 0.25) is 0 Å². The highest BCUT2D eigenvalue weighted by Gasteiger charge is 2.28. The zero-order valence-electron chi connectivity index (χ0n) is 21.6. The van der Waals surface area contributed by atoms with Crippen LogP contribution < -0.4 is 31.8 Å². The molecule has 36 heavy (non-hydrogen) atoms. The molecule has 0 nitrogen and oxygen atoms in total. The summed E-state index contributed by atoms with van der Waals surface area (Å²) in [4.78, 5) is 1.43. The molecule has 0 atom stereocenters. The van der Waals surface area contributed by atoms with E-state index in [1.165, 1.54) is 59.0 Å². The van der Waals surface area contributed by atoms with Crippen molar-refractivity contribution in [3.8, 4) is 0 Å². The van der Waals surface area contributed by atoms with Gasteiger partial charge in [-0.05, 0) is 71.7 Å². The molecular weight excluding hydrogens is 490 g/mol. The van der Waals surface area contributed by atoms with Gasteiger partial charge in [-0.25, -0.2) is 0 Å². The highest BCUT2D eigenvalue weighted by atomic mass is 32.1. The van der Waals surface area contributed by atoms with Crippen LogP contribution in [0.15, 0.2) is 102 Å². The highest BCUT2D eigenvalue weighted by molar-refractivity contribution is 7.86. The normalized spacial score (nSPS) is 11.4. The minimum atomic E-state index is -0.674. The predicted octanol–water partition coefficient (Wildman–Crippen LogP) is 6.81. The molecule has 0 radical (unpaired) electrons. The van der Waals surface area contributed by atoms with Gasteiger partial charge in [-0.15, -0.1) is 11.3 Å². The average molecular weight is 523 g/mol. The molecule has 0 saturated carbocycles. The van der Waals surface area contributed by atoms with Crippen LogP contribution in [0.5, 0.6) is 0 Å². The Morgan fingerprint density at radius 1 is 0.417 bits per heavy atom. The lowest BCUT2D eigenvalue weighted by Crippen LogP contribution is -2.33. The van der Waals surface area contributed by atoms with Crippen molar-refractivity contribution in [3.63, 3.8) is 0 Å². The lowest BCUT2D eigenvalue weighted by Gasteiger charge is -2.26. The zero-order valence-corrected chi connectivity index (χ0v) is 24.2. The molecule has 0 aliphatic rings. The van der Waals surface area contributed by atoms with E-state index in [1.54, 1.807) is 0 Å². The molecule has 0 unspecified atom stereocenters. The molecule has 5 aromatic rings. The summed E-state index contributed by atoms with van der Waals surface area (Å²) in [6.07, 6.45) is 0. The topological polar surface area (TPSA) is 0 Å². The van der Waals surface area contributed by atoms with E-state index < -0.39 is 15.8 Å². The summed E-state index contributed by atoms with van der Waals surface area (Å²) < 4.78 is 0. The number of thiophene rings is 1. The van der Waals surface area contributed by atoms with Crippen molar-refractivity contribution < 1.29 is 0 Å². The van der Waals surface area contributed by atoms with E-state index in [-0.39, 0.29) is 0 Å². The lowest BCUT2D eigenvalue weighted by molar-refractivity contribution is 1.48. The largest absolute Gasteiger partial charge is 0.148 e. The van der Waals surface area contributed by atoms with Crippen LogP contribution in [0.1, 0.15) is 27.1 Å². The molecule has 5 rings (SSSR count). The molecule has 180 valence electrons. The van der Waals surface area contributed by atoms with Gasteiger partial charge in [0, 0.05) is 20.9 Å². The van der Waals surface area contributed by atoms with E-state index in [0.29, 0.717) is 0 Å². The fourth-order valence-corrected chi connectivity index (χ4v) is 11.3. The van der Waals surface area contributed by atoms with Crippen LogP contribution in [0.25, 0.3) is 0 Å². The van der Waals surface area contributed by atoms with Gasteiger partial charge in [-0.1, -0.05) is 119 Å². The van der Waals surface area contributed by atoms with Crippen LogP contribution in [0, 0.1) is 34.6 Å². The minimum absolute atomic E-state index is 0.670. The Morgan fingerprint density at radius 2 is 0.722 bits per heavy atom. The van der Waals surface area contributed by atoms with Crippen LogP contribution >= 0.6 is 27.2 Å². The second-order valence-corrected chi connectivity index (χ2v) is 15.0. The summed E-state index contributed by atoms with van der Waals surface area (Å²) in [6.45, 7) is 11.0. The second kappa shape index (κ2) is 10.8. The second-order valence-electron chi connectivity index (χ2n) is 9.54. The smallest absolute Gasteiger partial charge is 0.0104 e. The quantitative estimate of drug-likeness (QED) is 0.215. The highest BCUT2D eigenvalue weighted by Crippen LogP contribution is 2.41. The number of rotatable bonds is 6. The van der Waals surface area contributed by atoms with Crippen molar-refractivity contribution in [2.45, 2.75) is 34.6 Å². The van der Waals surface area contributed by atoms with Crippen LogP contribution in [-0.2, 0) is 0 Å². The average Bonchev–Trinajstić information content (AvgIpc) is 3.24. The van der Waals surface area contributed by atoms with Gasteiger partial charge in [-0.3, -0.25) is 0 Å². The number of hydrogen-bond donors (Lipinski definition) is 0. The van der Waals surface area contributed by atoms with Crippen molar-refractivity contribution in [2.24, 2.45) is 0 Å². The summed E-state index contributed by atoms with van der Waals surface area (Å²) in [5, 5.41) is 11.2. The van der Waals surface area contributed by atoms with Gasteiger partial charge < -0.3 is 0 Å². The maximum atomic E-state index is 2.45. The Kier molecular flexibility index (Phi) is 7.55. The van der Waals surface area contributed by atoms with E-state index in [4.69, 9.17) is 0 Å². The van der Waals surface area contributed by atoms with Crippen molar-refractivity contribution in [1.82, 2.24) is 0 Å². The van der Waals surface area contributed by atoms with E-state index in [1.807, 2.05) is 11.3 Å². The fraction of sp³-hybridized carbons (Fsp3) is 0.152. The first-order valence-electron chi connectivity index (χ1n) is 12.4. The Labute approximate surface area is 222 Å². The molecule has 0 bridgehead atoms. The molecule has 0 spiro atoms. The maximum Gasteiger partial charge on any atom is 0.0104 e. The third-order valence-corrected chi connectivity index (χ3v) is 13.1. The maximum absolute atomic E-state index is 2.45. The summed E-state index contributed by atoms with van der Waals surface area (Å²) in [7, 11) is -1.34. The SMILES string of the molecule is Cc1ccc(P(c2ccc(C)cc2)c2csc(C)c2P(c2ccc(C)cc2)c2ccc(C)cc2)cc1. The number of benzene rings is 4. The molecule has 3 heteroatoms. The Hall–Kier alpha value is -2.56. The van der Waals surface area contributed by atoms with Gasteiger partial charge in [0.25, 0.3) is 0 Å². The van der Waals surface area contributed by atoms with E-state index >= 15 is 0 Å². The predicted molar refractivity (Wildman–Crippen MR) is 165 cm³/mol. The van der Waals surface area contributed by atoms with Gasteiger partial charge in [0.15, 0.2) is 0 Å². The third kappa shape index (κ3) is 5.26. The van der Waals surface area contributed by atoms with Crippen molar-refractivity contribution in [3.05, 3.63) is 130 Å². The molecule has 0 amide bonds. The zero-order chi connectivity index (χ0) is 25.2. The Morgan fingerprint density at radius 3 is 1.06 bits per heavy atom. The number of hydrogen-bond acceptors (Lipinski definition) is 1. The van der Waals surface area contributed by atoms with Crippen LogP contribution in [0.3, 0.4) is 0 Å². The lowest BCUT2D eigenvalue weighted by atomic mass is 10.2. The molecule has 0 fully saturated rings. The van der Waals surface area contributed by atoms with Gasteiger partial charge in [-0.2, -0.15) is 0 Å². The van der Waals surface area contributed by atoms with E-state index in [9.17, 15) is 0 Å². The molecule has 0 N–H and O–H groups in total. The Bertz CT molecular complexity index is 1350. The monoisotopic (exact) mass is 522 g/mol. The van der Waals surface area contributed by atoms with Crippen LogP contribution in [0.4, 0.5) is 0 Å².